The lowest BCUT2D eigenvalue weighted by atomic mass is 10.7. The van der Waals surface area contributed by atoms with Crippen molar-refractivity contribution in [2.24, 2.45) is 0 Å². The molecule has 0 aliphatic heterocycles. The molecule has 0 aliphatic carbocycles. The number of hydrogen-bond donors (Lipinski definition) is 0. The molecule has 0 radical (unpaired) electrons. The first kappa shape index (κ1) is 5.53. The van der Waals surface area contributed by atoms with Gasteiger partial charge in [0.25, 0.3) is 6.43 Å². The quantitative estimate of drug-likeness (QED) is 0.466. The van der Waals surface area contributed by atoms with E-state index < -0.39 is 6.43 Å². The van der Waals surface area contributed by atoms with Gasteiger partial charge in [-0.25, -0.2) is 13.2 Å². The fourth-order valence-corrected chi connectivity index (χ4v) is 0.0550. The van der Waals surface area contributed by atoms with Crippen molar-refractivity contribution in [2.75, 3.05) is 0 Å². The second-order valence-corrected chi connectivity index (χ2v) is 0.653. The molecule has 0 heterocycles. The summed E-state index contributed by atoms with van der Waals surface area (Å²) >= 11 is 0. The Bertz CT molecular complexity index is 48.0. The molecule has 36 valence electrons. The monoisotopic (exact) mass is 96.0 g/mol. The Balaban J connectivity index is 3.03. The lowest BCUT2D eigenvalue weighted by Crippen LogP contribution is -1.76. The Kier molecular flexibility index (Phi) is 2.54. The number of rotatable bonds is 1. The molecule has 0 fully saturated rings. The minimum absolute atomic E-state index is 0.167. The highest BCUT2D eigenvalue weighted by molar-refractivity contribution is 4.73. The second kappa shape index (κ2) is 2.75. The van der Waals surface area contributed by atoms with Gasteiger partial charge in [0.05, 0.1) is 6.33 Å². The first-order valence-corrected chi connectivity index (χ1v) is 1.32. The van der Waals surface area contributed by atoms with Crippen molar-refractivity contribution in [3.63, 3.8) is 0 Å². The van der Waals surface area contributed by atoms with Crippen molar-refractivity contribution < 1.29 is 13.2 Å². The predicted molar refractivity (Wildman–Crippen MR) is 16.3 cm³/mol. The zero-order valence-electron chi connectivity index (χ0n) is 2.87. The van der Waals surface area contributed by atoms with Crippen LogP contribution in [0, 0.1) is 0 Å². The van der Waals surface area contributed by atoms with Gasteiger partial charge in [-0.05, 0) is 0 Å². The smallest absolute Gasteiger partial charge is 0.216 e. The van der Waals surface area contributed by atoms with Gasteiger partial charge < -0.3 is 0 Å². The van der Waals surface area contributed by atoms with Gasteiger partial charge in [0.1, 0.15) is 0 Å². The molecule has 0 unspecified atom stereocenters. The molecule has 0 spiro atoms. The molecule has 0 rings (SSSR count). The maximum Gasteiger partial charge on any atom is 0.259 e. The lowest BCUT2D eigenvalue weighted by molar-refractivity contribution is 0.202. The standard InChI is InChI=1S/C3H3F3/c4-2-1-3(5)6/h1-3H/b2-1-. The van der Waals surface area contributed by atoms with Crippen LogP contribution in [0.5, 0.6) is 0 Å². The summed E-state index contributed by atoms with van der Waals surface area (Å²) in [4.78, 5) is 0. The van der Waals surface area contributed by atoms with E-state index in [4.69, 9.17) is 0 Å². The summed E-state index contributed by atoms with van der Waals surface area (Å²) < 4.78 is 32.0. The van der Waals surface area contributed by atoms with E-state index in [9.17, 15) is 13.2 Å². The SMILES string of the molecule is F/C=C\C(F)F. The maximum absolute atomic E-state index is 10.7. The predicted octanol–water partition coefficient (Wildman–Crippen LogP) is 1.73. The van der Waals surface area contributed by atoms with Crippen molar-refractivity contribution in [1.82, 2.24) is 0 Å². The van der Waals surface area contributed by atoms with Crippen molar-refractivity contribution >= 4 is 0 Å². The highest BCUT2D eigenvalue weighted by Gasteiger charge is 1.89. The van der Waals surface area contributed by atoms with E-state index in [0.29, 0.717) is 0 Å². The van der Waals surface area contributed by atoms with E-state index in [1.54, 1.807) is 0 Å². The summed E-state index contributed by atoms with van der Waals surface area (Å²) in [7, 11) is 0. The van der Waals surface area contributed by atoms with Crippen LogP contribution in [0.1, 0.15) is 0 Å². The summed E-state index contributed by atoms with van der Waals surface area (Å²) in [6, 6.07) is 0. The third-order valence-electron chi connectivity index (χ3n) is 0.218. The second-order valence-electron chi connectivity index (χ2n) is 0.653. The van der Waals surface area contributed by atoms with Crippen LogP contribution in [0.3, 0.4) is 0 Å². The van der Waals surface area contributed by atoms with Crippen LogP contribution in [0.4, 0.5) is 13.2 Å². The van der Waals surface area contributed by atoms with E-state index >= 15 is 0 Å². The van der Waals surface area contributed by atoms with E-state index in [1.165, 1.54) is 0 Å². The van der Waals surface area contributed by atoms with Crippen LogP contribution >= 0.6 is 0 Å². The highest BCUT2D eigenvalue weighted by Crippen LogP contribution is 1.91. The third-order valence-corrected chi connectivity index (χ3v) is 0.218. The average Bonchev–Trinajstić information content (AvgIpc) is 1.35. The minimum Gasteiger partial charge on any atom is -0.216 e. The molecule has 0 N–H and O–H groups in total. The van der Waals surface area contributed by atoms with Crippen LogP contribution in [0.2, 0.25) is 0 Å². The summed E-state index contributed by atoms with van der Waals surface area (Å²) in [6.07, 6.45) is -2.67. The Labute approximate surface area is 33.3 Å². The van der Waals surface area contributed by atoms with Crippen LogP contribution in [0.15, 0.2) is 12.4 Å². The van der Waals surface area contributed by atoms with Crippen LogP contribution in [0.25, 0.3) is 0 Å². The Hall–Kier alpha value is -0.470. The maximum atomic E-state index is 10.7. The largest absolute Gasteiger partial charge is 0.259 e. The summed E-state index contributed by atoms with van der Waals surface area (Å²) in [5, 5.41) is 0. The van der Waals surface area contributed by atoms with Gasteiger partial charge in [0, 0.05) is 6.08 Å². The normalized spacial score (nSPS) is 11.3. The molecule has 0 nitrogen and oxygen atoms in total. The topological polar surface area (TPSA) is 0 Å². The average molecular weight is 96.1 g/mol. The number of allylic oxidation sites excluding steroid dienone is 1. The fourth-order valence-electron chi connectivity index (χ4n) is 0.0550. The van der Waals surface area contributed by atoms with Gasteiger partial charge >= 0.3 is 0 Å². The summed E-state index contributed by atoms with van der Waals surface area (Å²) in [5.41, 5.74) is 0. The van der Waals surface area contributed by atoms with Crippen LogP contribution < -0.4 is 0 Å². The third kappa shape index (κ3) is 3.53. The molecule has 0 bridgehead atoms. The van der Waals surface area contributed by atoms with E-state index in [0.717, 1.165) is 0 Å². The Morgan fingerprint density at radius 2 is 1.83 bits per heavy atom. The zero-order chi connectivity index (χ0) is 4.99. The molecule has 0 atom stereocenters. The first-order chi connectivity index (χ1) is 2.77. The van der Waals surface area contributed by atoms with Crippen LogP contribution in [-0.4, -0.2) is 6.43 Å². The number of alkyl halides is 2. The molecule has 0 aromatic carbocycles. The van der Waals surface area contributed by atoms with Gasteiger partial charge in [-0.2, -0.15) is 0 Å². The number of hydrogen-bond acceptors (Lipinski definition) is 0. The van der Waals surface area contributed by atoms with E-state index in [1.807, 2.05) is 0 Å². The molecular formula is C3H3F3. The van der Waals surface area contributed by atoms with Crippen LogP contribution in [-0.2, 0) is 0 Å². The van der Waals surface area contributed by atoms with Crippen molar-refractivity contribution in [2.45, 2.75) is 6.43 Å². The van der Waals surface area contributed by atoms with Gasteiger partial charge in [-0.15, -0.1) is 0 Å². The van der Waals surface area contributed by atoms with Gasteiger partial charge in [0.15, 0.2) is 0 Å². The number of halogens is 3. The lowest BCUT2D eigenvalue weighted by Gasteiger charge is -1.76. The van der Waals surface area contributed by atoms with Crippen molar-refractivity contribution in [1.29, 1.82) is 0 Å². The van der Waals surface area contributed by atoms with E-state index in [-0.39, 0.29) is 12.4 Å². The zero-order valence-corrected chi connectivity index (χ0v) is 2.87. The minimum atomic E-state index is -2.66. The summed E-state index contributed by atoms with van der Waals surface area (Å²) in [5.74, 6) is 0. The molecule has 3 heteroatoms. The molecule has 0 aromatic heterocycles. The Morgan fingerprint density at radius 1 is 1.33 bits per heavy atom. The highest BCUT2D eigenvalue weighted by atomic mass is 19.3. The molecular weight excluding hydrogens is 93.0 g/mol. The van der Waals surface area contributed by atoms with E-state index in [2.05, 4.69) is 0 Å². The molecule has 6 heavy (non-hydrogen) atoms. The van der Waals surface area contributed by atoms with Gasteiger partial charge in [-0.3, -0.25) is 0 Å². The molecule has 0 saturated carbocycles. The van der Waals surface area contributed by atoms with Gasteiger partial charge in [-0.1, -0.05) is 0 Å². The Morgan fingerprint density at radius 3 is 1.83 bits per heavy atom. The van der Waals surface area contributed by atoms with Crippen molar-refractivity contribution in [3.05, 3.63) is 12.4 Å². The molecule has 0 saturated heterocycles. The summed E-state index contributed by atoms with van der Waals surface area (Å²) in [6.45, 7) is 0. The molecule has 0 aliphatic rings. The van der Waals surface area contributed by atoms with Crippen molar-refractivity contribution in [3.8, 4) is 0 Å². The fraction of sp³-hybridized carbons (Fsp3) is 0.333. The first-order valence-electron chi connectivity index (χ1n) is 1.32. The van der Waals surface area contributed by atoms with Gasteiger partial charge in [0.2, 0.25) is 0 Å². The molecule has 0 aromatic rings. The molecule has 0 amide bonds.